The molecule has 0 aliphatic heterocycles. The van der Waals surface area contributed by atoms with Crippen molar-refractivity contribution in [3.8, 4) is 11.6 Å². The molecule has 0 unspecified atom stereocenters. The summed E-state index contributed by atoms with van der Waals surface area (Å²) in [6, 6.07) is 3.45. The SMILES string of the molecule is CCOC(=O)c1nn(-c2ccc(OC)cn2)cc1N. The van der Waals surface area contributed by atoms with Crippen LogP contribution in [0.3, 0.4) is 0 Å². The monoisotopic (exact) mass is 262 g/mol. The van der Waals surface area contributed by atoms with E-state index in [1.807, 2.05) is 0 Å². The molecule has 0 spiro atoms. The number of anilines is 1. The first kappa shape index (κ1) is 12.9. The summed E-state index contributed by atoms with van der Waals surface area (Å²) in [5.74, 6) is 0.616. The number of methoxy groups -OCH3 is 1. The molecule has 19 heavy (non-hydrogen) atoms. The van der Waals surface area contributed by atoms with Crippen molar-refractivity contribution in [2.24, 2.45) is 0 Å². The number of nitrogens with zero attached hydrogens (tertiary/aromatic N) is 3. The Morgan fingerprint density at radius 1 is 1.47 bits per heavy atom. The number of esters is 1. The lowest BCUT2D eigenvalue weighted by molar-refractivity contribution is 0.0520. The van der Waals surface area contributed by atoms with Crippen molar-refractivity contribution >= 4 is 11.7 Å². The fourth-order valence-electron chi connectivity index (χ4n) is 1.49. The van der Waals surface area contributed by atoms with Crippen LogP contribution in [0.2, 0.25) is 0 Å². The number of rotatable bonds is 4. The van der Waals surface area contributed by atoms with Gasteiger partial charge >= 0.3 is 5.97 Å². The molecular formula is C12H14N4O3. The molecule has 2 N–H and O–H groups in total. The molecule has 0 radical (unpaired) electrons. The van der Waals surface area contributed by atoms with E-state index >= 15 is 0 Å². The van der Waals surface area contributed by atoms with E-state index in [4.69, 9.17) is 15.2 Å². The minimum Gasteiger partial charge on any atom is -0.495 e. The van der Waals surface area contributed by atoms with Gasteiger partial charge in [0.1, 0.15) is 5.75 Å². The molecule has 2 rings (SSSR count). The summed E-state index contributed by atoms with van der Waals surface area (Å²) >= 11 is 0. The van der Waals surface area contributed by atoms with E-state index in [-0.39, 0.29) is 18.0 Å². The van der Waals surface area contributed by atoms with Crippen molar-refractivity contribution in [2.45, 2.75) is 6.92 Å². The molecule has 0 atom stereocenters. The van der Waals surface area contributed by atoms with Gasteiger partial charge in [-0.05, 0) is 19.1 Å². The van der Waals surface area contributed by atoms with E-state index in [0.29, 0.717) is 11.6 Å². The average Bonchev–Trinajstić information content (AvgIpc) is 2.81. The molecule has 7 nitrogen and oxygen atoms in total. The van der Waals surface area contributed by atoms with E-state index < -0.39 is 5.97 Å². The zero-order valence-electron chi connectivity index (χ0n) is 10.7. The average molecular weight is 262 g/mol. The second-order valence-corrected chi connectivity index (χ2v) is 3.65. The zero-order valence-corrected chi connectivity index (χ0v) is 10.7. The fourth-order valence-corrected chi connectivity index (χ4v) is 1.49. The maximum Gasteiger partial charge on any atom is 0.361 e. The molecule has 0 aromatic carbocycles. The zero-order chi connectivity index (χ0) is 13.8. The Morgan fingerprint density at radius 2 is 2.26 bits per heavy atom. The van der Waals surface area contributed by atoms with Crippen LogP contribution in [0.1, 0.15) is 17.4 Å². The predicted octanol–water partition coefficient (Wildman–Crippen LogP) is 1.03. The maximum atomic E-state index is 11.6. The second-order valence-electron chi connectivity index (χ2n) is 3.65. The number of hydrogen-bond acceptors (Lipinski definition) is 6. The first-order chi connectivity index (χ1) is 9.15. The molecule has 2 aromatic heterocycles. The number of nitrogen functional groups attached to an aromatic ring is 1. The summed E-state index contributed by atoms with van der Waals surface area (Å²) in [6.07, 6.45) is 3.07. The topological polar surface area (TPSA) is 92.3 Å². The molecule has 2 aromatic rings. The van der Waals surface area contributed by atoms with Crippen LogP contribution in [-0.2, 0) is 4.74 Å². The quantitative estimate of drug-likeness (QED) is 0.827. The Bertz CT molecular complexity index is 577. The highest BCUT2D eigenvalue weighted by atomic mass is 16.5. The minimum atomic E-state index is -0.549. The van der Waals surface area contributed by atoms with Crippen LogP contribution in [0, 0.1) is 0 Å². The van der Waals surface area contributed by atoms with Gasteiger partial charge in [-0.15, -0.1) is 0 Å². The highest BCUT2D eigenvalue weighted by Gasteiger charge is 2.16. The van der Waals surface area contributed by atoms with Crippen LogP contribution in [0.25, 0.3) is 5.82 Å². The first-order valence-electron chi connectivity index (χ1n) is 5.68. The second kappa shape index (κ2) is 5.38. The summed E-state index contributed by atoms with van der Waals surface area (Å²) in [5.41, 5.74) is 6.06. The summed E-state index contributed by atoms with van der Waals surface area (Å²) < 4.78 is 11.3. The molecule has 0 saturated heterocycles. The first-order valence-corrected chi connectivity index (χ1v) is 5.68. The van der Waals surface area contributed by atoms with Gasteiger partial charge in [-0.2, -0.15) is 5.10 Å². The number of pyridine rings is 1. The molecule has 0 fully saturated rings. The van der Waals surface area contributed by atoms with E-state index in [2.05, 4.69) is 10.1 Å². The van der Waals surface area contributed by atoms with Crippen molar-refractivity contribution in [3.05, 3.63) is 30.2 Å². The number of ether oxygens (including phenoxy) is 2. The van der Waals surface area contributed by atoms with Crippen LogP contribution in [-0.4, -0.2) is 34.5 Å². The van der Waals surface area contributed by atoms with Gasteiger partial charge in [0.25, 0.3) is 0 Å². The van der Waals surface area contributed by atoms with Crippen molar-refractivity contribution in [3.63, 3.8) is 0 Å². The van der Waals surface area contributed by atoms with Crippen LogP contribution < -0.4 is 10.5 Å². The Morgan fingerprint density at radius 3 is 2.84 bits per heavy atom. The molecule has 0 amide bonds. The smallest absolute Gasteiger partial charge is 0.361 e. The van der Waals surface area contributed by atoms with E-state index in [1.54, 1.807) is 32.4 Å². The van der Waals surface area contributed by atoms with Gasteiger partial charge in [0.2, 0.25) is 0 Å². The number of carbonyl (C=O) groups is 1. The Kier molecular flexibility index (Phi) is 3.65. The third-order valence-corrected chi connectivity index (χ3v) is 2.40. The molecule has 0 saturated carbocycles. The molecule has 0 aliphatic carbocycles. The van der Waals surface area contributed by atoms with Gasteiger partial charge in [-0.1, -0.05) is 0 Å². The number of aromatic nitrogens is 3. The highest BCUT2D eigenvalue weighted by molar-refractivity contribution is 5.92. The van der Waals surface area contributed by atoms with E-state index in [1.165, 1.54) is 10.9 Å². The number of nitrogens with two attached hydrogens (primary N) is 1. The lowest BCUT2D eigenvalue weighted by atomic mass is 10.4. The van der Waals surface area contributed by atoms with Crippen molar-refractivity contribution in [1.82, 2.24) is 14.8 Å². The third kappa shape index (κ3) is 2.65. The Hall–Kier alpha value is -2.57. The summed E-state index contributed by atoms with van der Waals surface area (Å²) in [5, 5.41) is 4.07. The van der Waals surface area contributed by atoms with Crippen LogP contribution in [0.5, 0.6) is 5.75 Å². The molecule has 2 heterocycles. The maximum absolute atomic E-state index is 11.6. The highest BCUT2D eigenvalue weighted by Crippen LogP contribution is 2.15. The van der Waals surface area contributed by atoms with Gasteiger partial charge in [0.15, 0.2) is 11.5 Å². The van der Waals surface area contributed by atoms with Crippen molar-refractivity contribution < 1.29 is 14.3 Å². The molecule has 7 heteroatoms. The van der Waals surface area contributed by atoms with Crippen molar-refractivity contribution in [1.29, 1.82) is 0 Å². The van der Waals surface area contributed by atoms with E-state index in [9.17, 15) is 4.79 Å². The number of carbonyl (C=O) groups excluding carboxylic acids is 1. The van der Waals surface area contributed by atoms with Gasteiger partial charge in [-0.3, -0.25) is 0 Å². The lowest BCUT2D eigenvalue weighted by Gasteiger charge is -2.02. The minimum absolute atomic E-state index is 0.0828. The van der Waals surface area contributed by atoms with Crippen LogP contribution >= 0.6 is 0 Å². The fraction of sp³-hybridized carbons (Fsp3) is 0.250. The van der Waals surface area contributed by atoms with Gasteiger partial charge in [0, 0.05) is 0 Å². The third-order valence-electron chi connectivity index (χ3n) is 2.40. The summed E-state index contributed by atoms with van der Waals surface area (Å²) in [6.45, 7) is 1.99. The Balaban J connectivity index is 2.30. The van der Waals surface area contributed by atoms with Gasteiger partial charge in [0.05, 0.1) is 31.8 Å². The summed E-state index contributed by atoms with van der Waals surface area (Å²) in [4.78, 5) is 15.7. The summed E-state index contributed by atoms with van der Waals surface area (Å²) in [7, 11) is 1.56. The Labute approximate surface area is 110 Å². The van der Waals surface area contributed by atoms with Crippen LogP contribution in [0.4, 0.5) is 5.69 Å². The predicted molar refractivity (Wildman–Crippen MR) is 68.3 cm³/mol. The normalized spacial score (nSPS) is 10.2. The molecule has 0 aliphatic rings. The molecule has 100 valence electrons. The van der Waals surface area contributed by atoms with Crippen molar-refractivity contribution in [2.75, 3.05) is 19.5 Å². The molecule has 0 bridgehead atoms. The lowest BCUT2D eigenvalue weighted by Crippen LogP contribution is -2.08. The van der Waals surface area contributed by atoms with Gasteiger partial charge < -0.3 is 15.2 Å². The standard InChI is InChI=1S/C12H14N4O3/c1-3-19-12(17)11-9(13)7-16(15-11)10-5-4-8(18-2)6-14-10/h4-7H,3,13H2,1-2H3. The van der Waals surface area contributed by atoms with E-state index in [0.717, 1.165) is 0 Å². The largest absolute Gasteiger partial charge is 0.495 e. The van der Waals surface area contributed by atoms with Gasteiger partial charge in [-0.25, -0.2) is 14.5 Å². The molecular weight excluding hydrogens is 248 g/mol. The number of hydrogen-bond donors (Lipinski definition) is 1. The van der Waals surface area contributed by atoms with Crippen LogP contribution in [0.15, 0.2) is 24.5 Å².